The number of hydrogen-bond donors (Lipinski definition) is 1. The van der Waals surface area contributed by atoms with Gasteiger partial charge in [0.15, 0.2) is 6.61 Å². The molecule has 0 aromatic heterocycles. The fourth-order valence-corrected chi connectivity index (χ4v) is 3.06. The lowest BCUT2D eigenvalue weighted by Gasteiger charge is -2.30. The minimum Gasteiger partial charge on any atom is -0.483 e. The van der Waals surface area contributed by atoms with Gasteiger partial charge in [0, 0.05) is 13.6 Å². The quantitative estimate of drug-likeness (QED) is 0.760. The second-order valence-electron chi connectivity index (χ2n) is 7.10. The number of hydrogen-bond acceptors (Lipinski definition) is 3. The Morgan fingerprint density at radius 2 is 1.68 bits per heavy atom. The Labute approximate surface area is 167 Å². The average Bonchev–Trinajstić information content (AvgIpc) is 2.69. The highest BCUT2D eigenvalue weighted by molar-refractivity contribution is 5.88. The average molecular weight is 383 g/mol. The molecule has 0 aliphatic heterocycles. The first-order chi connectivity index (χ1) is 13.3. The van der Waals surface area contributed by atoms with Crippen LogP contribution >= 0.6 is 0 Å². The fraction of sp³-hybridized carbons (Fsp3) is 0.391. The molecule has 0 unspecified atom stereocenters. The highest BCUT2D eigenvalue weighted by Gasteiger charge is 2.28. The lowest BCUT2D eigenvalue weighted by Crippen LogP contribution is -2.49. The van der Waals surface area contributed by atoms with Gasteiger partial charge in [-0.05, 0) is 49.9 Å². The van der Waals surface area contributed by atoms with E-state index in [1.807, 2.05) is 70.2 Å². The minimum absolute atomic E-state index is 0.107. The van der Waals surface area contributed by atoms with E-state index < -0.39 is 6.04 Å². The van der Waals surface area contributed by atoms with Gasteiger partial charge in [0.25, 0.3) is 5.91 Å². The number of nitrogens with zero attached hydrogens (tertiary/aromatic N) is 1. The van der Waals surface area contributed by atoms with Crippen molar-refractivity contribution in [2.75, 3.05) is 13.7 Å². The molecule has 150 valence electrons. The number of likely N-dealkylation sites (N-methyl/N-ethyl adjacent to an activating group) is 1. The van der Waals surface area contributed by atoms with Crippen molar-refractivity contribution < 1.29 is 14.3 Å². The van der Waals surface area contributed by atoms with Crippen molar-refractivity contribution in [3.8, 4) is 5.75 Å². The van der Waals surface area contributed by atoms with Gasteiger partial charge < -0.3 is 15.0 Å². The molecule has 5 nitrogen and oxygen atoms in total. The normalized spacial score (nSPS) is 11.6. The second kappa shape index (κ2) is 9.93. The Balaban J connectivity index is 2.20. The third kappa shape index (κ3) is 5.59. The molecule has 2 amide bonds. The number of carbonyl (C=O) groups is 2. The molecular formula is C23H30N2O3. The van der Waals surface area contributed by atoms with Crippen LogP contribution < -0.4 is 10.1 Å². The molecule has 0 radical (unpaired) electrons. The Bertz CT molecular complexity index is 815. The van der Waals surface area contributed by atoms with Crippen molar-refractivity contribution >= 4 is 11.8 Å². The van der Waals surface area contributed by atoms with Gasteiger partial charge in [-0.15, -0.1) is 0 Å². The van der Waals surface area contributed by atoms with Crippen LogP contribution in [-0.4, -0.2) is 36.4 Å². The van der Waals surface area contributed by atoms with Gasteiger partial charge in [-0.2, -0.15) is 0 Å². The summed E-state index contributed by atoms with van der Waals surface area (Å²) < 4.78 is 5.80. The van der Waals surface area contributed by atoms with Crippen molar-refractivity contribution in [3.05, 3.63) is 64.7 Å². The lowest BCUT2D eigenvalue weighted by atomic mass is 10.1. The molecule has 0 aliphatic rings. The highest BCUT2D eigenvalue weighted by Crippen LogP contribution is 2.20. The molecule has 0 saturated heterocycles. The van der Waals surface area contributed by atoms with Gasteiger partial charge in [-0.25, -0.2) is 0 Å². The van der Waals surface area contributed by atoms with Gasteiger partial charge in [-0.3, -0.25) is 9.59 Å². The number of rotatable bonds is 8. The molecule has 2 aromatic carbocycles. The van der Waals surface area contributed by atoms with Crippen molar-refractivity contribution in [3.63, 3.8) is 0 Å². The minimum atomic E-state index is -0.541. The van der Waals surface area contributed by atoms with E-state index in [-0.39, 0.29) is 18.4 Å². The monoisotopic (exact) mass is 382 g/mol. The maximum atomic E-state index is 13.0. The Morgan fingerprint density at radius 1 is 1.04 bits per heavy atom. The first-order valence-corrected chi connectivity index (χ1v) is 9.62. The molecule has 2 aromatic rings. The predicted molar refractivity (Wildman–Crippen MR) is 111 cm³/mol. The third-order valence-electron chi connectivity index (χ3n) is 4.80. The Kier molecular flexibility index (Phi) is 7.61. The molecule has 28 heavy (non-hydrogen) atoms. The second-order valence-corrected chi connectivity index (χ2v) is 7.10. The van der Waals surface area contributed by atoms with Gasteiger partial charge in [0.05, 0.1) is 0 Å². The maximum Gasteiger partial charge on any atom is 0.261 e. The number of ether oxygens (including phenoxy) is 1. The van der Waals surface area contributed by atoms with Crippen molar-refractivity contribution in [2.24, 2.45) is 0 Å². The summed E-state index contributed by atoms with van der Waals surface area (Å²) in [5.74, 6) is 0.309. The summed E-state index contributed by atoms with van der Waals surface area (Å²) in [7, 11) is 1.59. The zero-order valence-electron chi connectivity index (χ0n) is 17.4. The largest absolute Gasteiger partial charge is 0.483 e. The van der Waals surface area contributed by atoms with Crippen LogP contribution in [0, 0.1) is 20.8 Å². The summed E-state index contributed by atoms with van der Waals surface area (Å²) in [6, 6.07) is 13.3. The van der Waals surface area contributed by atoms with E-state index in [1.165, 1.54) is 0 Å². The van der Waals surface area contributed by atoms with Crippen LogP contribution in [0.15, 0.2) is 42.5 Å². The number of amides is 2. The highest BCUT2D eigenvalue weighted by atomic mass is 16.5. The fourth-order valence-electron chi connectivity index (χ4n) is 3.06. The molecular weight excluding hydrogens is 352 g/mol. The van der Waals surface area contributed by atoms with Crippen LogP contribution in [0.3, 0.4) is 0 Å². The van der Waals surface area contributed by atoms with Gasteiger partial charge >= 0.3 is 0 Å². The van der Waals surface area contributed by atoms with Crippen molar-refractivity contribution in [2.45, 2.75) is 46.7 Å². The molecule has 2 rings (SSSR count). The van der Waals surface area contributed by atoms with Crippen LogP contribution in [0.25, 0.3) is 0 Å². The van der Waals surface area contributed by atoms with Crippen LogP contribution in [0.2, 0.25) is 0 Å². The maximum absolute atomic E-state index is 13.0. The first-order valence-electron chi connectivity index (χ1n) is 9.62. The van der Waals surface area contributed by atoms with Crippen LogP contribution in [0.5, 0.6) is 5.75 Å². The van der Waals surface area contributed by atoms with Crippen LogP contribution in [0.4, 0.5) is 0 Å². The van der Waals surface area contributed by atoms with E-state index in [4.69, 9.17) is 4.74 Å². The zero-order chi connectivity index (χ0) is 20.7. The third-order valence-corrected chi connectivity index (χ3v) is 4.80. The zero-order valence-corrected chi connectivity index (χ0v) is 17.4. The topological polar surface area (TPSA) is 58.6 Å². The molecule has 0 spiro atoms. The van der Waals surface area contributed by atoms with Gasteiger partial charge in [0.2, 0.25) is 5.91 Å². The standard InChI is InChI=1S/C23H30N2O3/c1-6-20(23(27)24-5)25(14-19-11-8-16(2)9-12-19)22(26)15-28-21-13-17(3)7-10-18(21)4/h7-13,20H,6,14-15H2,1-5H3,(H,24,27)/t20-/m1/s1. The molecule has 0 bridgehead atoms. The van der Waals surface area contributed by atoms with E-state index in [0.29, 0.717) is 18.7 Å². The number of aryl methyl sites for hydroxylation is 3. The van der Waals surface area contributed by atoms with E-state index in [9.17, 15) is 9.59 Å². The smallest absolute Gasteiger partial charge is 0.261 e. The summed E-state index contributed by atoms with van der Waals surface area (Å²) in [5, 5.41) is 2.66. The number of nitrogens with one attached hydrogen (secondary N) is 1. The molecule has 1 atom stereocenters. The van der Waals surface area contributed by atoms with E-state index in [0.717, 1.165) is 22.3 Å². The molecule has 0 fully saturated rings. The van der Waals surface area contributed by atoms with E-state index >= 15 is 0 Å². The summed E-state index contributed by atoms with van der Waals surface area (Å²) in [6.45, 7) is 8.11. The van der Waals surface area contributed by atoms with Crippen LogP contribution in [-0.2, 0) is 16.1 Å². The van der Waals surface area contributed by atoms with E-state index in [1.54, 1.807) is 11.9 Å². The van der Waals surface area contributed by atoms with Crippen molar-refractivity contribution in [1.29, 1.82) is 0 Å². The predicted octanol–water partition coefficient (Wildman–Crippen LogP) is 3.54. The van der Waals surface area contributed by atoms with Gasteiger partial charge in [-0.1, -0.05) is 48.9 Å². The Hall–Kier alpha value is -2.82. The summed E-state index contributed by atoms with van der Waals surface area (Å²) >= 11 is 0. The summed E-state index contributed by atoms with van der Waals surface area (Å²) in [6.07, 6.45) is 0.529. The lowest BCUT2D eigenvalue weighted by molar-refractivity contribution is -0.142. The molecule has 0 saturated carbocycles. The molecule has 5 heteroatoms. The van der Waals surface area contributed by atoms with Crippen LogP contribution in [0.1, 0.15) is 35.6 Å². The first kappa shape index (κ1) is 21.5. The summed E-state index contributed by atoms with van der Waals surface area (Å²) in [5.41, 5.74) is 4.18. The van der Waals surface area contributed by atoms with Crippen molar-refractivity contribution in [1.82, 2.24) is 10.2 Å². The Morgan fingerprint density at radius 3 is 2.29 bits per heavy atom. The molecule has 1 N–H and O–H groups in total. The number of benzene rings is 2. The molecule has 0 heterocycles. The number of carbonyl (C=O) groups excluding carboxylic acids is 2. The molecule has 0 aliphatic carbocycles. The summed E-state index contributed by atoms with van der Waals surface area (Å²) in [4.78, 5) is 27.0. The SMILES string of the molecule is CC[C@H](C(=O)NC)N(Cc1ccc(C)cc1)C(=O)COc1cc(C)ccc1C. The van der Waals surface area contributed by atoms with E-state index in [2.05, 4.69) is 5.32 Å². The van der Waals surface area contributed by atoms with Gasteiger partial charge in [0.1, 0.15) is 11.8 Å².